The van der Waals surface area contributed by atoms with Crippen molar-refractivity contribution in [1.82, 2.24) is 4.90 Å². The number of hydrogen-bond acceptors (Lipinski definition) is 4. The standard InChI is InChI=1S/C12H15NO3.ClH/c1-13(2)6-5-10(14)9-3-4-11-12(7-9)16-8-15-11;/h3-4,7H,5-6,8H2,1-2H3;1H/p-1. The molecular weight excluding hydrogens is 242 g/mol. The zero-order chi connectivity index (χ0) is 11.5. The molecule has 0 radical (unpaired) electrons. The van der Waals surface area contributed by atoms with Crippen LogP contribution < -0.4 is 21.9 Å². The summed E-state index contributed by atoms with van der Waals surface area (Å²) in [7, 11) is 3.90. The van der Waals surface area contributed by atoms with Crippen molar-refractivity contribution < 1.29 is 26.7 Å². The molecule has 1 aliphatic rings. The monoisotopic (exact) mass is 256 g/mol. The lowest BCUT2D eigenvalue weighted by molar-refractivity contribution is -0.0000127. The molecule has 2 rings (SSSR count). The van der Waals surface area contributed by atoms with Crippen LogP contribution in [0.4, 0.5) is 0 Å². The number of halogens is 1. The molecule has 0 aliphatic carbocycles. The van der Waals surface area contributed by atoms with Gasteiger partial charge in [0, 0.05) is 18.5 Å². The molecular formula is C12H15ClNO3-. The maximum atomic E-state index is 11.8. The van der Waals surface area contributed by atoms with Crippen molar-refractivity contribution in [3.8, 4) is 11.5 Å². The number of Topliss-reactive ketones (excluding diaryl/α,β-unsaturated/α-hetero) is 1. The van der Waals surface area contributed by atoms with Crippen LogP contribution in [0.3, 0.4) is 0 Å². The van der Waals surface area contributed by atoms with Gasteiger partial charge >= 0.3 is 0 Å². The van der Waals surface area contributed by atoms with Gasteiger partial charge in [-0.05, 0) is 32.3 Å². The van der Waals surface area contributed by atoms with Crippen LogP contribution in [0.15, 0.2) is 18.2 Å². The van der Waals surface area contributed by atoms with Crippen LogP contribution in [0.2, 0.25) is 0 Å². The first-order valence-electron chi connectivity index (χ1n) is 5.24. The van der Waals surface area contributed by atoms with Gasteiger partial charge in [0.1, 0.15) is 0 Å². The molecule has 1 heterocycles. The SMILES string of the molecule is CN(C)CCC(=O)c1ccc2c(c1)OCO2.[Cl-]. The van der Waals surface area contributed by atoms with Gasteiger partial charge in [-0.1, -0.05) is 0 Å². The van der Waals surface area contributed by atoms with Gasteiger partial charge in [0.25, 0.3) is 0 Å². The van der Waals surface area contributed by atoms with Gasteiger partial charge in [-0.2, -0.15) is 0 Å². The molecule has 0 amide bonds. The van der Waals surface area contributed by atoms with E-state index in [0.29, 0.717) is 23.5 Å². The second-order valence-corrected chi connectivity index (χ2v) is 4.04. The Hall–Kier alpha value is -1.26. The van der Waals surface area contributed by atoms with Gasteiger partial charge in [0.2, 0.25) is 6.79 Å². The molecule has 1 aromatic rings. The van der Waals surface area contributed by atoms with Gasteiger partial charge in [-0.3, -0.25) is 4.79 Å². The van der Waals surface area contributed by atoms with Crippen molar-refractivity contribution in [1.29, 1.82) is 0 Å². The van der Waals surface area contributed by atoms with Gasteiger partial charge in [0.05, 0.1) is 0 Å². The quantitative estimate of drug-likeness (QED) is 0.619. The van der Waals surface area contributed by atoms with Crippen molar-refractivity contribution >= 4 is 5.78 Å². The Morgan fingerprint density at radius 3 is 2.71 bits per heavy atom. The van der Waals surface area contributed by atoms with Crippen molar-refractivity contribution in [3.63, 3.8) is 0 Å². The maximum Gasteiger partial charge on any atom is 0.231 e. The molecule has 94 valence electrons. The first kappa shape index (κ1) is 13.8. The molecule has 5 heteroatoms. The first-order chi connectivity index (χ1) is 7.66. The predicted molar refractivity (Wildman–Crippen MR) is 60.1 cm³/mol. The van der Waals surface area contributed by atoms with Crippen LogP contribution in [0.5, 0.6) is 11.5 Å². The lowest BCUT2D eigenvalue weighted by Gasteiger charge is -2.08. The number of nitrogens with zero attached hydrogens (tertiary/aromatic N) is 1. The van der Waals surface area contributed by atoms with E-state index in [-0.39, 0.29) is 25.0 Å². The van der Waals surface area contributed by atoms with Crippen molar-refractivity contribution in [2.24, 2.45) is 0 Å². The Bertz CT molecular complexity index is 407. The second-order valence-electron chi connectivity index (χ2n) is 4.04. The number of carbonyl (C=O) groups excluding carboxylic acids is 1. The molecule has 0 unspecified atom stereocenters. The van der Waals surface area contributed by atoms with Crippen LogP contribution in [0.1, 0.15) is 16.8 Å². The molecule has 0 saturated carbocycles. The predicted octanol–water partition coefficient (Wildman–Crippen LogP) is -1.45. The zero-order valence-electron chi connectivity index (χ0n) is 9.90. The number of ketones is 1. The van der Waals surface area contributed by atoms with E-state index in [4.69, 9.17) is 9.47 Å². The average Bonchev–Trinajstić information content (AvgIpc) is 2.72. The van der Waals surface area contributed by atoms with Gasteiger partial charge in [0.15, 0.2) is 17.3 Å². The summed E-state index contributed by atoms with van der Waals surface area (Å²) in [5.41, 5.74) is 0.686. The fourth-order valence-corrected chi connectivity index (χ4v) is 1.54. The van der Waals surface area contributed by atoms with Gasteiger partial charge in [-0.15, -0.1) is 0 Å². The Morgan fingerprint density at radius 2 is 2.00 bits per heavy atom. The molecule has 4 nitrogen and oxygen atoms in total. The summed E-state index contributed by atoms with van der Waals surface area (Å²) in [6.07, 6.45) is 0.520. The smallest absolute Gasteiger partial charge is 0.231 e. The summed E-state index contributed by atoms with van der Waals surface area (Å²) < 4.78 is 10.4. The van der Waals surface area contributed by atoms with Crippen molar-refractivity contribution in [3.05, 3.63) is 23.8 Å². The zero-order valence-corrected chi connectivity index (χ0v) is 10.7. The van der Waals surface area contributed by atoms with Crippen molar-refractivity contribution in [2.75, 3.05) is 27.4 Å². The summed E-state index contributed by atoms with van der Waals surface area (Å²) in [5.74, 6) is 1.51. The third kappa shape index (κ3) is 3.35. The number of hydrogen-bond donors (Lipinski definition) is 0. The Balaban J connectivity index is 0.00000144. The fraction of sp³-hybridized carbons (Fsp3) is 0.417. The number of fused-ring (bicyclic) bond motifs is 1. The molecule has 0 aromatic heterocycles. The van der Waals surface area contributed by atoms with Crippen LogP contribution in [0.25, 0.3) is 0 Å². The van der Waals surface area contributed by atoms with Gasteiger partial charge < -0.3 is 26.8 Å². The minimum absolute atomic E-state index is 0. The molecule has 0 atom stereocenters. The summed E-state index contributed by atoms with van der Waals surface area (Å²) in [4.78, 5) is 13.8. The Kier molecular flexibility index (Phi) is 4.78. The largest absolute Gasteiger partial charge is 1.00 e. The first-order valence-corrected chi connectivity index (χ1v) is 5.24. The van der Waals surface area contributed by atoms with Crippen LogP contribution in [0, 0.1) is 0 Å². The van der Waals surface area contributed by atoms with E-state index in [1.807, 2.05) is 19.0 Å². The van der Waals surface area contributed by atoms with E-state index in [1.165, 1.54) is 0 Å². The van der Waals surface area contributed by atoms with E-state index in [2.05, 4.69) is 0 Å². The Labute approximate surface area is 107 Å². The normalized spacial score (nSPS) is 12.4. The van der Waals surface area contributed by atoms with E-state index in [0.717, 1.165) is 6.54 Å². The fourth-order valence-electron chi connectivity index (χ4n) is 1.54. The third-order valence-electron chi connectivity index (χ3n) is 2.48. The highest BCUT2D eigenvalue weighted by molar-refractivity contribution is 5.96. The van der Waals surface area contributed by atoms with E-state index in [1.54, 1.807) is 18.2 Å². The minimum Gasteiger partial charge on any atom is -1.00 e. The number of carbonyl (C=O) groups is 1. The number of rotatable bonds is 4. The number of ether oxygens (including phenoxy) is 2. The lowest BCUT2D eigenvalue weighted by Crippen LogP contribution is -3.00. The lowest BCUT2D eigenvalue weighted by atomic mass is 10.1. The second kappa shape index (κ2) is 5.89. The molecule has 0 saturated heterocycles. The molecule has 0 fully saturated rings. The molecule has 1 aliphatic heterocycles. The topological polar surface area (TPSA) is 38.8 Å². The molecule has 17 heavy (non-hydrogen) atoms. The molecule has 0 bridgehead atoms. The van der Waals surface area contributed by atoms with Crippen molar-refractivity contribution in [2.45, 2.75) is 6.42 Å². The average molecular weight is 257 g/mol. The van der Waals surface area contributed by atoms with Crippen LogP contribution in [-0.4, -0.2) is 38.1 Å². The van der Waals surface area contributed by atoms with Crippen LogP contribution >= 0.6 is 0 Å². The van der Waals surface area contributed by atoms with E-state index >= 15 is 0 Å². The van der Waals surface area contributed by atoms with Crippen LogP contribution in [-0.2, 0) is 0 Å². The molecule has 1 aromatic carbocycles. The third-order valence-corrected chi connectivity index (χ3v) is 2.48. The minimum atomic E-state index is 0. The molecule has 0 spiro atoms. The van der Waals surface area contributed by atoms with E-state index < -0.39 is 0 Å². The highest BCUT2D eigenvalue weighted by Crippen LogP contribution is 2.32. The van der Waals surface area contributed by atoms with E-state index in [9.17, 15) is 4.79 Å². The van der Waals surface area contributed by atoms with Gasteiger partial charge in [-0.25, -0.2) is 0 Å². The summed E-state index contributed by atoms with van der Waals surface area (Å²) >= 11 is 0. The summed E-state index contributed by atoms with van der Waals surface area (Å²) in [5, 5.41) is 0. The molecule has 0 N–H and O–H groups in total. The number of benzene rings is 1. The summed E-state index contributed by atoms with van der Waals surface area (Å²) in [6.45, 7) is 0.998. The maximum absolute atomic E-state index is 11.8. The summed E-state index contributed by atoms with van der Waals surface area (Å²) in [6, 6.07) is 5.32. The highest BCUT2D eigenvalue weighted by atomic mass is 35.5. The highest BCUT2D eigenvalue weighted by Gasteiger charge is 2.15. The Morgan fingerprint density at radius 1 is 1.29 bits per heavy atom.